The second-order valence-corrected chi connectivity index (χ2v) is 13.3. The topological polar surface area (TPSA) is 83.0 Å². The first-order chi connectivity index (χ1) is 21.3. The van der Waals surface area contributed by atoms with Crippen molar-refractivity contribution in [2.75, 3.05) is 38.7 Å². The van der Waals surface area contributed by atoms with E-state index in [4.69, 9.17) is 16.3 Å². The number of likely N-dealkylation sites (N-methyl/N-ethyl adjacent to an activating group) is 1. The van der Waals surface area contributed by atoms with Gasteiger partial charge in [-0.05, 0) is 80.0 Å². The number of ether oxygens (including phenoxy) is 1. The van der Waals surface area contributed by atoms with Gasteiger partial charge >= 0.3 is 6.18 Å². The van der Waals surface area contributed by atoms with Crippen LogP contribution in [0.25, 0.3) is 0 Å². The number of benzene rings is 1. The van der Waals surface area contributed by atoms with E-state index in [0.29, 0.717) is 42.1 Å². The second kappa shape index (κ2) is 14.7. The van der Waals surface area contributed by atoms with Crippen LogP contribution in [0.3, 0.4) is 0 Å². The molecule has 45 heavy (non-hydrogen) atoms. The van der Waals surface area contributed by atoms with Crippen molar-refractivity contribution in [3.8, 4) is 5.75 Å². The van der Waals surface area contributed by atoms with Crippen LogP contribution in [-0.4, -0.2) is 66.6 Å². The number of hydrogen-bond donors (Lipinski definition) is 1. The highest BCUT2D eigenvalue weighted by Gasteiger charge is 2.61. The van der Waals surface area contributed by atoms with E-state index in [9.17, 15) is 27.9 Å². The van der Waals surface area contributed by atoms with Crippen molar-refractivity contribution in [1.82, 2.24) is 9.88 Å². The number of carbonyl (C=O) groups is 2. The van der Waals surface area contributed by atoms with Crippen molar-refractivity contribution >= 4 is 29.1 Å². The van der Waals surface area contributed by atoms with E-state index in [-0.39, 0.29) is 23.2 Å². The zero-order valence-electron chi connectivity index (χ0n) is 26.6. The average molecular weight is 652 g/mol. The number of carbonyl (C=O) groups excluding carboxylic acids is 2. The van der Waals surface area contributed by atoms with Crippen molar-refractivity contribution in [2.45, 2.75) is 77.0 Å². The smallest absolute Gasteiger partial charge is 0.430 e. The number of halogens is 4. The Bertz CT molecular complexity index is 1320. The lowest BCUT2D eigenvalue weighted by Crippen LogP contribution is -2.55. The molecule has 0 bridgehead atoms. The molecule has 4 rings (SSSR count). The molecule has 248 valence electrons. The summed E-state index contributed by atoms with van der Waals surface area (Å²) in [4.78, 5) is 33.5. The molecule has 3 unspecified atom stereocenters. The summed E-state index contributed by atoms with van der Waals surface area (Å²) in [6, 6.07) is 8.48. The fourth-order valence-electron chi connectivity index (χ4n) is 7.03. The van der Waals surface area contributed by atoms with E-state index in [1.54, 1.807) is 6.07 Å². The number of aromatic nitrogens is 1. The van der Waals surface area contributed by atoms with E-state index < -0.39 is 23.2 Å². The molecule has 11 heteroatoms. The van der Waals surface area contributed by atoms with Crippen LogP contribution in [0.5, 0.6) is 5.75 Å². The summed E-state index contributed by atoms with van der Waals surface area (Å²) in [5, 5.41) is 10.9. The van der Waals surface area contributed by atoms with Gasteiger partial charge in [-0.3, -0.25) is 9.59 Å². The number of amides is 1. The number of aliphatic hydroxyl groups is 1. The number of nitrogens with zero attached hydrogens (tertiary/aromatic N) is 3. The van der Waals surface area contributed by atoms with Gasteiger partial charge in [0.2, 0.25) is 0 Å². The van der Waals surface area contributed by atoms with Gasteiger partial charge in [-0.1, -0.05) is 50.4 Å². The highest BCUT2D eigenvalue weighted by molar-refractivity contribution is 6.32. The molecule has 2 aliphatic rings. The molecule has 2 aromatic rings. The van der Waals surface area contributed by atoms with E-state index >= 15 is 0 Å². The fraction of sp³-hybridized carbons (Fsp3) is 0.618. The zero-order chi connectivity index (χ0) is 32.9. The van der Waals surface area contributed by atoms with Crippen molar-refractivity contribution in [3.05, 3.63) is 52.7 Å². The Kier molecular flexibility index (Phi) is 11.4. The maximum absolute atomic E-state index is 14.1. The molecule has 3 atom stereocenters. The molecular weight excluding hydrogens is 607 g/mol. The summed E-state index contributed by atoms with van der Waals surface area (Å²) in [7, 11) is 2.58. The predicted octanol–water partition coefficient (Wildman–Crippen LogP) is 7.29. The molecule has 1 saturated heterocycles. The quantitative estimate of drug-likeness (QED) is 0.192. The predicted molar refractivity (Wildman–Crippen MR) is 169 cm³/mol. The first-order valence-electron chi connectivity index (χ1n) is 15.9. The Labute approximate surface area is 269 Å². The van der Waals surface area contributed by atoms with Crippen molar-refractivity contribution in [1.29, 1.82) is 0 Å². The molecule has 1 aromatic carbocycles. The number of Topliss-reactive ketones (excluding diaryl/α,β-unsaturated/α-hetero) is 1. The van der Waals surface area contributed by atoms with Crippen LogP contribution in [0.4, 0.5) is 19.0 Å². The molecule has 1 saturated carbocycles. The molecule has 1 amide bonds. The highest BCUT2D eigenvalue weighted by Crippen LogP contribution is 2.42. The van der Waals surface area contributed by atoms with Crippen LogP contribution < -0.4 is 9.64 Å². The second-order valence-electron chi connectivity index (χ2n) is 12.9. The maximum Gasteiger partial charge on any atom is 0.430 e. The summed E-state index contributed by atoms with van der Waals surface area (Å²) < 4.78 is 47.2. The van der Waals surface area contributed by atoms with Gasteiger partial charge in [0.1, 0.15) is 16.7 Å². The largest absolute Gasteiger partial charge is 0.497 e. The fourth-order valence-corrected chi connectivity index (χ4v) is 7.28. The minimum Gasteiger partial charge on any atom is -0.497 e. The lowest BCUT2D eigenvalue weighted by atomic mass is 9.86. The van der Waals surface area contributed by atoms with Crippen molar-refractivity contribution < 1.29 is 32.6 Å². The lowest BCUT2D eigenvalue weighted by molar-refractivity contribution is -0.261. The summed E-state index contributed by atoms with van der Waals surface area (Å²) >= 11 is 6.48. The third-order valence-electron chi connectivity index (χ3n) is 9.98. The molecule has 0 spiro atoms. The first kappa shape index (κ1) is 35.0. The number of piperidine rings is 1. The van der Waals surface area contributed by atoms with E-state index in [2.05, 4.69) is 23.7 Å². The Balaban J connectivity index is 1.26. The standard InChI is InChI=1S/C34H45ClF3N3O4/c1-22-10-11-23(2)27(22)12-14-29(42)28-13-15-30(39-31(28)35)41-19-16-24(17-20-41)7-6-18-40(3)32(43)33(44,34(36,37)38)25-8-5-9-26(21-25)45-4/h5,8-9,13,15,21-24,27,44H,6-7,10-12,14,16-20H2,1-4H3. The molecule has 1 aliphatic carbocycles. The maximum atomic E-state index is 14.1. The lowest BCUT2D eigenvalue weighted by Gasteiger charge is -2.34. The van der Waals surface area contributed by atoms with Gasteiger partial charge in [0.15, 0.2) is 5.78 Å². The summed E-state index contributed by atoms with van der Waals surface area (Å²) in [6.07, 6.45) is 1.52. The molecule has 2 fully saturated rings. The first-order valence-corrected chi connectivity index (χ1v) is 16.3. The molecule has 2 heterocycles. The SMILES string of the molecule is COc1cccc(C(O)(C(=O)N(C)CCCC2CCN(c3ccc(C(=O)CCC4C(C)CCC4C)c(Cl)n3)CC2)C(F)(F)F)c1. The minimum absolute atomic E-state index is 0.0321. The summed E-state index contributed by atoms with van der Waals surface area (Å²) in [6.45, 7) is 6.09. The normalized spacial score (nSPS) is 22.2. The average Bonchev–Trinajstić information content (AvgIpc) is 3.34. The Morgan fingerprint density at radius 1 is 1.07 bits per heavy atom. The molecule has 0 radical (unpaired) electrons. The molecule has 1 aliphatic heterocycles. The number of hydrogen-bond acceptors (Lipinski definition) is 6. The molecule has 1 N–H and O–H groups in total. The van der Waals surface area contributed by atoms with Crippen LogP contribution in [0.2, 0.25) is 5.15 Å². The van der Waals surface area contributed by atoms with Crippen LogP contribution in [0.1, 0.15) is 81.1 Å². The van der Waals surface area contributed by atoms with Crippen LogP contribution >= 0.6 is 11.6 Å². The number of pyridine rings is 1. The van der Waals surface area contributed by atoms with Gasteiger partial charge in [0, 0.05) is 38.7 Å². The monoisotopic (exact) mass is 651 g/mol. The minimum atomic E-state index is -5.22. The summed E-state index contributed by atoms with van der Waals surface area (Å²) in [5.74, 6) is 1.64. The number of anilines is 1. The number of rotatable bonds is 12. The van der Waals surface area contributed by atoms with Gasteiger partial charge in [0.05, 0.1) is 12.7 Å². The van der Waals surface area contributed by atoms with Gasteiger partial charge in [0.25, 0.3) is 11.5 Å². The summed E-state index contributed by atoms with van der Waals surface area (Å²) in [5.41, 5.74) is -3.79. The van der Waals surface area contributed by atoms with E-state index in [0.717, 1.165) is 61.6 Å². The Hall–Kier alpha value is -2.85. The van der Waals surface area contributed by atoms with Gasteiger partial charge < -0.3 is 19.6 Å². The third kappa shape index (κ3) is 7.94. The van der Waals surface area contributed by atoms with E-state index in [1.807, 2.05) is 6.07 Å². The number of methoxy groups -OCH3 is 1. The Morgan fingerprint density at radius 3 is 2.33 bits per heavy atom. The zero-order valence-corrected chi connectivity index (χ0v) is 27.3. The van der Waals surface area contributed by atoms with Crippen LogP contribution in [0, 0.1) is 23.7 Å². The Morgan fingerprint density at radius 2 is 1.73 bits per heavy atom. The van der Waals surface area contributed by atoms with E-state index in [1.165, 1.54) is 39.1 Å². The van der Waals surface area contributed by atoms with Crippen molar-refractivity contribution in [3.63, 3.8) is 0 Å². The third-order valence-corrected chi connectivity index (χ3v) is 10.3. The highest BCUT2D eigenvalue weighted by atomic mass is 35.5. The van der Waals surface area contributed by atoms with Gasteiger partial charge in [-0.25, -0.2) is 4.98 Å². The number of ketones is 1. The van der Waals surface area contributed by atoms with Crippen molar-refractivity contribution in [2.24, 2.45) is 23.7 Å². The van der Waals surface area contributed by atoms with Crippen LogP contribution in [0.15, 0.2) is 36.4 Å². The molecular formula is C34H45ClF3N3O4. The van der Waals surface area contributed by atoms with Gasteiger partial charge in [-0.15, -0.1) is 0 Å². The molecule has 1 aromatic heterocycles. The van der Waals surface area contributed by atoms with Gasteiger partial charge in [-0.2, -0.15) is 13.2 Å². The number of alkyl halides is 3. The molecule has 7 nitrogen and oxygen atoms in total. The van der Waals surface area contributed by atoms with Crippen LogP contribution in [-0.2, 0) is 10.4 Å².